The highest BCUT2D eigenvalue weighted by Crippen LogP contribution is 2.27. The first-order chi connectivity index (χ1) is 8.57. The average molecular weight is 254 g/mol. The van der Waals surface area contributed by atoms with Gasteiger partial charge >= 0.3 is 0 Å². The second kappa shape index (κ2) is 6.36. The van der Waals surface area contributed by atoms with Crippen LogP contribution in [0.15, 0.2) is 0 Å². The number of ether oxygens (including phenoxy) is 1. The monoisotopic (exact) mass is 254 g/mol. The number of likely N-dealkylation sites (tertiary alicyclic amines) is 1. The smallest absolute Gasteiger partial charge is 0.0726 e. The molecule has 0 amide bonds. The third kappa shape index (κ3) is 4.22. The van der Waals surface area contributed by atoms with Crippen molar-refractivity contribution >= 4 is 0 Å². The molecule has 2 atom stereocenters. The average Bonchev–Trinajstić information content (AvgIpc) is 2.81. The van der Waals surface area contributed by atoms with Crippen LogP contribution in [0.5, 0.6) is 0 Å². The summed E-state index contributed by atoms with van der Waals surface area (Å²) in [6, 6.07) is 0.505. The summed E-state index contributed by atoms with van der Waals surface area (Å²) in [5.41, 5.74) is 0.512. The highest BCUT2D eigenvalue weighted by molar-refractivity contribution is 4.81. The minimum absolute atomic E-state index is 0.447. The summed E-state index contributed by atoms with van der Waals surface area (Å²) in [5.74, 6) is 0. The Labute approximate surface area is 112 Å². The lowest BCUT2D eigenvalue weighted by atomic mass is 9.84. The summed E-state index contributed by atoms with van der Waals surface area (Å²) in [5, 5.41) is 3.63. The molecule has 0 aromatic carbocycles. The van der Waals surface area contributed by atoms with Gasteiger partial charge in [0.05, 0.1) is 6.10 Å². The van der Waals surface area contributed by atoms with Gasteiger partial charge in [0.25, 0.3) is 0 Å². The van der Waals surface area contributed by atoms with Crippen molar-refractivity contribution in [1.82, 2.24) is 10.2 Å². The summed E-state index contributed by atoms with van der Waals surface area (Å²) in [7, 11) is 0. The predicted molar refractivity (Wildman–Crippen MR) is 75.9 cm³/mol. The first kappa shape index (κ1) is 14.3. The molecule has 2 heterocycles. The van der Waals surface area contributed by atoms with E-state index in [1.54, 1.807) is 0 Å². The number of piperidine rings is 1. The minimum atomic E-state index is 0.447. The van der Waals surface area contributed by atoms with Crippen LogP contribution in [-0.2, 0) is 4.74 Å². The first-order valence-corrected chi connectivity index (χ1v) is 7.64. The maximum Gasteiger partial charge on any atom is 0.0726 e. The molecule has 2 saturated heterocycles. The molecule has 0 saturated carbocycles. The maximum atomic E-state index is 5.71. The Bertz CT molecular complexity index is 249. The molecule has 0 bridgehead atoms. The first-order valence-electron chi connectivity index (χ1n) is 7.64. The van der Waals surface area contributed by atoms with E-state index in [0.717, 1.165) is 13.2 Å². The SMILES string of the molecule is CC(NCCN1CCCC(C)(C)C1)C1CCCO1. The molecule has 0 aromatic rings. The number of rotatable bonds is 5. The second-order valence-electron chi connectivity index (χ2n) is 6.84. The molecule has 2 rings (SSSR count). The van der Waals surface area contributed by atoms with Gasteiger partial charge in [-0.25, -0.2) is 0 Å². The summed E-state index contributed by atoms with van der Waals surface area (Å²) in [6.07, 6.45) is 5.64. The van der Waals surface area contributed by atoms with Crippen LogP contribution in [-0.4, -0.2) is 49.8 Å². The van der Waals surface area contributed by atoms with Crippen molar-refractivity contribution in [3.05, 3.63) is 0 Å². The summed E-state index contributed by atoms with van der Waals surface area (Å²) in [6.45, 7) is 12.8. The van der Waals surface area contributed by atoms with Crippen LogP contribution in [0.3, 0.4) is 0 Å². The van der Waals surface area contributed by atoms with Gasteiger partial charge in [-0.2, -0.15) is 0 Å². The van der Waals surface area contributed by atoms with Gasteiger partial charge in [0.2, 0.25) is 0 Å². The number of nitrogens with zero attached hydrogens (tertiary/aromatic N) is 1. The van der Waals surface area contributed by atoms with Gasteiger partial charge in [0, 0.05) is 32.3 Å². The van der Waals surface area contributed by atoms with Crippen molar-refractivity contribution in [3.8, 4) is 0 Å². The number of hydrogen-bond donors (Lipinski definition) is 1. The van der Waals surface area contributed by atoms with Gasteiger partial charge in [0.1, 0.15) is 0 Å². The molecule has 0 radical (unpaired) electrons. The molecule has 2 fully saturated rings. The van der Waals surface area contributed by atoms with E-state index in [0.29, 0.717) is 17.6 Å². The van der Waals surface area contributed by atoms with Gasteiger partial charge in [-0.3, -0.25) is 0 Å². The molecule has 1 N–H and O–H groups in total. The molecule has 3 heteroatoms. The van der Waals surface area contributed by atoms with E-state index in [1.807, 2.05) is 0 Å². The molecule has 0 aliphatic carbocycles. The molecule has 2 unspecified atom stereocenters. The zero-order valence-corrected chi connectivity index (χ0v) is 12.4. The van der Waals surface area contributed by atoms with Crippen LogP contribution in [0.2, 0.25) is 0 Å². The molecule has 2 aliphatic heterocycles. The van der Waals surface area contributed by atoms with E-state index in [2.05, 4.69) is 31.0 Å². The van der Waals surface area contributed by atoms with Crippen LogP contribution >= 0.6 is 0 Å². The molecular weight excluding hydrogens is 224 g/mol. The van der Waals surface area contributed by atoms with Crippen molar-refractivity contribution in [2.24, 2.45) is 5.41 Å². The van der Waals surface area contributed by atoms with Crippen LogP contribution < -0.4 is 5.32 Å². The summed E-state index contributed by atoms with van der Waals surface area (Å²) < 4.78 is 5.71. The van der Waals surface area contributed by atoms with Gasteiger partial charge in [-0.1, -0.05) is 13.8 Å². The predicted octanol–water partition coefficient (Wildman–Crippen LogP) is 2.27. The summed E-state index contributed by atoms with van der Waals surface area (Å²) >= 11 is 0. The lowest BCUT2D eigenvalue weighted by molar-refractivity contribution is 0.0790. The van der Waals surface area contributed by atoms with E-state index >= 15 is 0 Å². The molecule has 3 nitrogen and oxygen atoms in total. The molecule has 2 aliphatic rings. The van der Waals surface area contributed by atoms with Crippen LogP contribution in [0.25, 0.3) is 0 Å². The highest BCUT2D eigenvalue weighted by atomic mass is 16.5. The Hall–Kier alpha value is -0.120. The fourth-order valence-electron chi connectivity index (χ4n) is 3.31. The number of nitrogens with one attached hydrogen (secondary N) is 1. The Balaban J connectivity index is 1.62. The van der Waals surface area contributed by atoms with Crippen LogP contribution in [0.4, 0.5) is 0 Å². The Morgan fingerprint density at radius 2 is 2.22 bits per heavy atom. The molecular formula is C15H30N2O. The second-order valence-corrected chi connectivity index (χ2v) is 6.84. The zero-order valence-electron chi connectivity index (χ0n) is 12.4. The Morgan fingerprint density at radius 3 is 2.89 bits per heavy atom. The molecule has 106 valence electrons. The maximum absolute atomic E-state index is 5.71. The Kier molecular flexibility index (Phi) is 5.05. The standard InChI is InChI=1S/C15H30N2O/c1-13(14-6-4-11-18-14)16-8-10-17-9-5-7-15(2,3)12-17/h13-14,16H,4-12H2,1-3H3. The van der Waals surface area contributed by atoms with Gasteiger partial charge in [0.15, 0.2) is 0 Å². The van der Waals surface area contributed by atoms with E-state index < -0.39 is 0 Å². The van der Waals surface area contributed by atoms with E-state index in [9.17, 15) is 0 Å². The molecule has 18 heavy (non-hydrogen) atoms. The lowest BCUT2D eigenvalue weighted by Crippen LogP contribution is -2.45. The van der Waals surface area contributed by atoms with Crippen molar-refractivity contribution in [2.75, 3.05) is 32.8 Å². The Morgan fingerprint density at radius 1 is 1.39 bits per heavy atom. The van der Waals surface area contributed by atoms with Crippen molar-refractivity contribution in [2.45, 2.75) is 58.6 Å². The summed E-state index contributed by atoms with van der Waals surface area (Å²) in [4.78, 5) is 2.61. The normalized spacial score (nSPS) is 30.5. The van der Waals surface area contributed by atoms with E-state index in [1.165, 1.54) is 45.3 Å². The highest BCUT2D eigenvalue weighted by Gasteiger charge is 2.26. The topological polar surface area (TPSA) is 24.5 Å². The van der Waals surface area contributed by atoms with Crippen LogP contribution in [0.1, 0.15) is 46.5 Å². The van der Waals surface area contributed by atoms with Gasteiger partial charge in [-0.05, 0) is 44.6 Å². The fourth-order valence-corrected chi connectivity index (χ4v) is 3.31. The third-order valence-corrected chi connectivity index (χ3v) is 4.40. The third-order valence-electron chi connectivity index (χ3n) is 4.40. The quantitative estimate of drug-likeness (QED) is 0.814. The largest absolute Gasteiger partial charge is 0.377 e. The number of hydrogen-bond acceptors (Lipinski definition) is 3. The zero-order chi connectivity index (χ0) is 13.0. The van der Waals surface area contributed by atoms with Crippen molar-refractivity contribution in [3.63, 3.8) is 0 Å². The van der Waals surface area contributed by atoms with Crippen LogP contribution in [0, 0.1) is 5.41 Å². The lowest BCUT2D eigenvalue weighted by Gasteiger charge is -2.38. The van der Waals surface area contributed by atoms with E-state index in [4.69, 9.17) is 4.74 Å². The fraction of sp³-hybridized carbons (Fsp3) is 1.00. The molecule has 0 aromatic heterocycles. The molecule has 0 spiro atoms. The van der Waals surface area contributed by atoms with Gasteiger partial charge < -0.3 is 15.0 Å². The van der Waals surface area contributed by atoms with Crippen molar-refractivity contribution < 1.29 is 4.74 Å². The van der Waals surface area contributed by atoms with Crippen molar-refractivity contribution in [1.29, 1.82) is 0 Å². The van der Waals surface area contributed by atoms with E-state index in [-0.39, 0.29) is 0 Å². The van der Waals surface area contributed by atoms with Gasteiger partial charge in [-0.15, -0.1) is 0 Å². The minimum Gasteiger partial charge on any atom is -0.377 e.